The van der Waals surface area contributed by atoms with E-state index in [0.29, 0.717) is 11.1 Å². The number of halogens is 1. The summed E-state index contributed by atoms with van der Waals surface area (Å²) < 4.78 is 37.9. The molecule has 10 heteroatoms. The van der Waals surface area contributed by atoms with Gasteiger partial charge in [-0.2, -0.15) is 5.10 Å². The Balaban J connectivity index is 1.40. The maximum Gasteiger partial charge on any atom is 0.147 e. The highest BCUT2D eigenvalue weighted by atomic mass is 32.2. The number of benzene rings is 2. The summed E-state index contributed by atoms with van der Waals surface area (Å²) in [5, 5.41) is 9.56. The van der Waals surface area contributed by atoms with Gasteiger partial charge in [-0.15, -0.1) is 0 Å². The Labute approximate surface area is 237 Å². The lowest BCUT2D eigenvalue weighted by atomic mass is 10.00. The first kappa shape index (κ1) is 26.8. The lowest BCUT2D eigenvalue weighted by Gasteiger charge is -2.10. The predicted octanol–water partition coefficient (Wildman–Crippen LogP) is 5.62. The second-order valence-electron chi connectivity index (χ2n) is 10.7. The first-order valence-corrected chi connectivity index (χ1v) is 15.2. The molecule has 208 valence electrons. The standard InChI is InChI=1S/C31H29FN6O2S/c1-38(2)18-20-9-23(15-33-14-20)21-4-5-28-26(12-21)31(37-36-28)29-13-25-27(16-34-17-30(25)35-29)22-8-19(10-24(32)11-22)6-7-41(3,39)40/h4-5,8-17,35H,6-7,18H2,1-3H3,(H,36,37). The molecule has 2 N–H and O–H groups in total. The number of hydrogen-bond donors (Lipinski definition) is 2. The molecule has 0 aliphatic carbocycles. The molecule has 0 atom stereocenters. The zero-order chi connectivity index (χ0) is 28.7. The van der Waals surface area contributed by atoms with Crippen LogP contribution in [0.25, 0.3) is 55.4 Å². The van der Waals surface area contributed by atoms with E-state index in [-0.39, 0.29) is 12.2 Å². The normalized spacial score (nSPS) is 12.1. The van der Waals surface area contributed by atoms with Gasteiger partial charge in [0.2, 0.25) is 0 Å². The van der Waals surface area contributed by atoms with Crippen LogP contribution in [0.4, 0.5) is 4.39 Å². The molecule has 2 aromatic carbocycles. The molecule has 0 radical (unpaired) electrons. The van der Waals surface area contributed by atoms with E-state index < -0.39 is 15.7 Å². The number of rotatable bonds is 8. The van der Waals surface area contributed by atoms with E-state index in [4.69, 9.17) is 0 Å². The van der Waals surface area contributed by atoms with Crippen molar-refractivity contribution in [2.24, 2.45) is 0 Å². The molecule has 0 spiro atoms. The van der Waals surface area contributed by atoms with Gasteiger partial charge in [0.1, 0.15) is 21.3 Å². The highest BCUT2D eigenvalue weighted by molar-refractivity contribution is 7.90. The van der Waals surface area contributed by atoms with Gasteiger partial charge in [-0.3, -0.25) is 15.1 Å². The van der Waals surface area contributed by atoms with Crippen LogP contribution in [-0.4, -0.2) is 64.6 Å². The van der Waals surface area contributed by atoms with E-state index >= 15 is 0 Å². The molecule has 6 aromatic rings. The average molecular weight is 569 g/mol. The Kier molecular flexibility index (Phi) is 6.88. The second kappa shape index (κ2) is 10.5. The summed E-state index contributed by atoms with van der Waals surface area (Å²) in [7, 11) is 0.893. The van der Waals surface area contributed by atoms with E-state index in [9.17, 15) is 12.8 Å². The minimum atomic E-state index is -3.17. The average Bonchev–Trinajstić information content (AvgIpc) is 3.54. The van der Waals surface area contributed by atoms with E-state index in [1.165, 1.54) is 18.4 Å². The van der Waals surface area contributed by atoms with Crippen molar-refractivity contribution < 1.29 is 12.8 Å². The van der Waals surface area contributed by atoms with Gasteiger partial charge in [-0.1, -0.05) is 12.1 Å². The summed E-state index contributed by atoms with van der Waals surface area (Å²) in [5.41, 5.74) is 8.44. The first-order chi connectivity index (χ1) is 19.6. The van der Waals surface area contributed by atoms with Crippen molar-refractivity contribution in [3.05, 3.63) is 90.3 Å². The fourth-order valence-electron chi connectivity index (χ4n) is 5.16. The first-order valence-electron chi connectivity index (χ1n) is 13.1. The highest BCUT2D eigenvalue weighted by Crippen LogP contribution is 2.35. The Morgan fingerprint density at radius 1 is 0.829 bits per heavy atom. The molecule has 0 bridgehead atoms. The van der Waals surface area contributed by atoms with Gasteiger partial charge in [-0.25, -0.2) is 12.8 Å². The number of fused-ring (bicyclic) bond motifs is 2. The van der Waals surface area contributed by atoms with Crippen LogP contribution in [0.5, 0.6) is 0 Å². The van der Waals surface area contributed by atoms with Crippen LogP contribution < -0.4 is 0 Å². The molecule has 0 amide bonds. The van der Waals surface area contributed by atoms with Crippen LogP contribution >= 0.6 is 0 Å². The van der Waals surface area contributed by atoms with E-state index in [2.05, 4.69) is 48.2 Å². The third-order valence-corrected chi connectivity index (χ3v) is 7.97. The molecule has 4 aromatic heterocycles. The smallest absolute Gasteiger partial charge is 0.147 e. The lowest BCUT2D eigenvalue weighted by molar-refractivity contribution is 0.402. The third kappa shape index (κ3) is 5.75. The maximum atomic E-state index is 14.6. The quantitative estimate of drug-likeness (QED) is 0.247. The number of aromatic nitrogens is 5. The minimum Gasteiger partial charge on any atom is -0.352 e. The van der Waals surface area contributed by atoms with Gasteiger partial charge < -0.3 is 9.88 Å². The maximum absolute atomic E-state index is 14.6. The number of pyridine rings is 2. The Bertz CT molecular complexity index is 2010. The summed E-state index contributed by atoms with van der Waals surface area (Å²) in [6, 6.07) is 15.0. The highest BCUT2D eigenvalue weighted by Gasteiger charge is 2.16. The van der Waals surface area contributed by atoms with Gasteiger partial charge >= 0.3 is 0 Å². The van der Waals surface area contributed by atoms with Gasteiger partial charge in [0.05, 0.1) is 28.7 Å². The van der Waals surface area contributed by atoms with Gasteiger partial charge in [0.25, 0.3) is 0 Å². The topological polar surface area (TPSA) is 108 Å². The van der Waals surface area contributed by atoms with E-state index in [1.54, 1.807) is 12.4 Å². The lowest BCUT2D eigenvalue weighted by Crippen LogP contribution is -2.10. The molecule has 0 saturated carbocycles. The summed E-state index contributed by atoms with van der Waals surface area (Å²) in [4.78, 5) is 14.4. The Morgan fingerprint density at radius 3 is 2.44 bits per heavy atom. The third-order valence-electron chi connectivity index (χ3n) is 7.02. The second-order valence-corrected chi connectivity index (χ2v) is 13.0. The van der Waals surface area contributed by atoms with Gasteiger partial charge in [0.15, 0.2) is 0 Å². The van der Waals surface area contributed by atoms with Crippen LogP contribution in [0.15, 0.2) is 73.3 Å². The SMILES string of the molecule is CN(C)Cc1cncc(-c2ccc3[nH]nc(-c4cc5c(-c6cc(F)cc(CCS(C)(=O)=O)c6)cncc5[nH]4)c3c2)c1. The largest absolute Gasteiger partial charge is 0.352 e. The van der Waals surface area contributed by atoms with Crippen LogP contribution in [0.3, 0.4) is 0 Å². The van der Waals surface area contributed by atoms with Crippen molar-refractivity contribution in [3.8, 4) is 33.6 Å². The number of H-pyrrole nitrogens is 2. The number of aryl methyl sites for hydroxylation is 1. The molecular weight excluding hydrogens is 539 g/mol. The van der Waals surface area contributed by atoms with Crippen molar-refractivity contribution in [1.29, 1.82) is 0 Å². The molecule has 0 aliphatic heterocycles. The molecule has 0 unspecified atom stereocenters. The number of nitrogens with zero attached hydrogens (tertiary/aromatic N) is 4. The van der Waals surface area contributed by atoms with Crippen molar-refractivity contribution >= 4 is 31.6 Å². The van der Waals surface area contributed by atoms with Crippen molar-refractivity contribution in [2.75, 3.05) is 26.1 Å². The number of sulfone groups is 1. The van der Waals surface area contributed by atoms with Crippen LogP contribution in [0.1, 0.15) is 11.1 Å². The van der Waals surface area contributed by atoms with Crippen LogP contribution in [0.2, 0.25) is 0 Å². The summed E-state index contributed by atoms with van der Waals surface area (Å²) in [6.07, 6.45) is 8.59. The summed E-state index contributed by atoms with van der Waals surface area (Å²) in [6.45, 7) is 0.802. The predicted molar refractivity (Wildman–Crippen MR) is 161 cm³/mol. The van der Waals surface area contributed by atoms with Crippen molar-refractivity contribution in [2.45, 2.75) is 13.0 Å². The molecule has 0 saturated heterocycles. The molecule has 6 rings (SSSR count). The molecule has 4 heterocycles. The molecule has 41 heavy (non-hydrogen) atoms. The fraction of sp³-hybridized carbons (Fsp3) is 0.194. The number of hydrogen-bond acceptors (Lipinski definition) is 6. The number of aromatic amines is 2. The Hall–Kier alpha value is -4.41. The van der Waals surface area contributed by atoms with Gasteiger partial charge in [-0.05, 0) is 79.2 Å². The van der Waals surface area contributed by atoms with E-state index in [0.717, 1.165) is 62.0 Å². The monoisotopic (exact) mass is 568 g/mol. The molecular formula is C31H29FN6O2S. The zero-order valence-electron chi connectivity index (χ0n) is 22.9. The van der Waals surface area contributed by atoms with Crippen LogP contribution in [0, 0.1) is 5.82 Å². The van der Waals surface area contributed by atoms with Crippen LogP contribution in [-0.2, 0) is 22.8 Å². The molecule has 0 fully saturated rings. The summed E-state index contributed by atoms with van der Waals surface area (Å²) >= 11 is 0. The fourth-order valence-corrected chi connectivity index (χ4v) is 5.76. The van der Waals surface area contributed by atoms with Crippen molar-refractivity contribution in [1.82, 2.24) is 30.0 Å². The molecule has 0 aliphatic rings. The van der Waals surface area contributed by atoms with Crippen molar-refractivity contribution in [3.63, 3.8) is 0 Å². The minimum absolute atomic E-state index is 0.0448. The van der Waals surface area contributed by atoms with Gasteiger partial charge in [0, 0.05) is 53.3 Å². The Morgan fingerprint density at radius 2 is 1.63 bits per heavy atom. The summed E-state index contributed by atoms with van der Waals surface area (Å²) in [5.74, 6) is -0.467. The number of nitrogens with one attached hydrogen (secondary N) is 2. The van der Waals surface area contributed by atoms with E-state index in [1.807, 2.05) is 44.7 Å². The zero-order valence-corrected chi connectivity index (χ0v) is 23.8. The molecule has 8 nitrogen and oxygen atoms in total.